The Labute approximate surface area is 150 Å². The first-order valence-corrected chi connectivity index (χ1v) is 8.39. The molecule has 0 spiro atoms. The maximum Gasteiger partial charge on any atom is 0.274 e. The van der Waals surface area contributed by atoms with Gasteiger partial charge in [-0.25, -0.2) is 0 Å². The molecule has 1 fully saturated rings. The molecule has 1 aliphatic rings. The van der Waals surface area contributed by atoms with Crippen LogP contribution in [0.3, 0.4) is 0 Å². The summed E-state index contributed by atoms with van der Waals surface area (Å²) < 4.78 is 0. The minimum absolute atomic E-state index is 0.0255. The standard InChI is InChI=1S/C19H19N3O4/c1-13-16(4-2-5-17(13)22(25)26)20-18(23)12-14-7-9-15(10-8-14)21-11-3-6-19(21)24/h2,4-5,7-10H,3,6,11-12H2,1H3,(H,20,23). The van der Waals surface area contributed by atoms with Crippen LogP contribution in [0.15, 0.2) is 42.5 Å². The van der Waals surface area contributed by atoms with Crippen LogP contribution >= 0.6 is 0 Å². The second-order valence-corrected chi connectivity index (χ2v) is 6.25. The third-order valence-electron chi connectivity index (χ3n) is 4.46. The van der Waals surface area contributed by atoms with E-state index in [1.54, 1.807) is 24.0 Å². The summed E-state index contributed by atoms with van der Waals surface area (Å²) in [4.78, 5) is 36.3. The molecule has 0 unspecified atom stereocenters. The smallest absolute Gasteiger partial charge is 0.274 e. The van der Waals surface area contributed by atoms with Crippen molar-refractivity contribution >= 4 is 28.9 Å². The van der Waals surface area contributed by atoms with Gasteiger partial charge in [0, 0.05) is 24.7 Å². The number of hydrogen-bond donors (Lipinski definition) is 1. The molecule has 2 aromatic carbocycles. The highest BCUT2D eigenvalue weighted by molar-refractivity contribution is 5.96. The minimum atomic E-state index is -0.469. The normalized spacial score (nSPS) is 13.7. The summed E-state index contributed by atoms with van der Waals surface area (Å²) in [5, 5.41) is 13.7. The first kappa shape index (κ1) is 17.6. The number of nitro groups is 1. The van der Waals surface area contributed by atoms with Gasteiger partial charge in [0.2, 0.25) is 11.8 Å². The second kappa shape index (κ2) is 7.35. The average Bonchev–Trinajstić information content (AvgIpc) is 3.03. The van der Waals surface area contributed by atoms with Crippen LogP contribution in [0.4, 0.5) is 17.1 Å². The molecule has 3 rings (SSSR count). The van der Waals surface area contributed by atoms with E-state index in [-0.39, 0.29) is 23.9 Å². The van der Waals surface area contributed by atoms with E-state index in [2.05, 4.69) is 5.32 Å². The molecule has 7 nitrogen and oxygen atoms in total. The van der Waals surface area contributed by atoms with Crippen LogP contribution in [0.25, 0.3) is 0 Å². The van der Waals surface area contributed by atoms with Crippen molar-refractivity contribution < 1.29 is 14.5 Å². The Morgan fingerprint density at radius 1 is 1.23 bits per heavy atom. The van der Waals surface area contributed by atoms with Gasteiger partial charge in [-0.05, 0) is 37.1 Å². The van der Waals surface area contributed by atoms with Gasteiger partial charge in [-0.3, -0.25) is 19.7 Å². The predicted molar refractivity (Wildman–Crippen MR) is 98.2 cm³/mol. The van der Waals surface area contributed by atoms with Crippen LogP contribution < -0.4 is 10.2 Å². The summed E-state index contributed by atoms with van der Waals surface area (Å²) in [5.41, 5.74) is 2.48. The summed E-state index contributed by atoms with van der Waals surface area (Å²) in [6, 6.07) is 11.9. The lowest BCUT2D eigenvalue weighted by Gasteiger charge is -2.16. The fourth-order valence-electron chi connectivity index (χ4n) is 3.05. The molecule has 1 N–H and O–H groups in total. The number of carbonyl (C=O) groups is 2. The van der Waals surface area contributed by atoms with Gasteiger partial charge < -0.3 is 10.2 Å². The number of amides is 2. The first-order chi connectivity index (χ1) is 12.5. The van der Waals surface area contributed by atoms with Gasteiger partial charge in [0.25, 0.3) is 5.69 Å². The Morgan fingerprint density at radius 3 is 2.58 bits per heavy atom. The highest BCUT2D eigenvalue weighted by Crippen LogP contribution is 2.25. The fraction of sp³-hybridized carbons (Fsp3) is 0.263. The largest absolute Gasteiger partial charge is 0.325 e. The molecular formula is C19H19N3O4. The van der Waals surface area contributed by atoms with E-state index < -0.39 is 4.92 Å². The molecule has 134 valence electrons. The van der Waals surface area contributed by atoms with Crippen molar-refractivity contribution in [3.8, 4) is 0 Å². The zero-order valence-corrected chi connectivity index (χ0v) is 14.4. The monoisotopic (exact) mass is 353 g/mol. The number of hydrogen-bond acceptors (Lipinski definition) is 4. The van der Waals surface area contributed by atoms with Gasteiger partial charge in [-0.1, -0.05) is 18.2 Å². The molecule has 2 amide bonds. The van der Waals surface area contributed by atoms with Crippen molar-refractivity contribution in [2.45, 2.75) is 26.2 Å². The van der Waals surface area contributed by atoms with E-state index in [9.17, 15) is 19.7 Å². The molecule has 0 atom stereocenters. The van der Waals surface area contributed by atoms with E-state index >= 15 is 0 Å². The van der Waals surface area contributed by atoms with Crippen LogP contribution in [-0.4, -0.2) is 23.3 Å². The number of nitro benzene ring substituents is 1. The van der Waals surface area contributed by atoms with Crippen LogP contribution in [0, 0.1) is 17.0 Å². The maximum absolute atomic E-state index is 12.3. The van der Waals surface area contributed by atoms with Crippen molar-refractivity contribution in [2.75, 3.05) is 16.8 Å². The number of nitrogens with zero attached hydrogens (tertiary/aromatic N) is 2. The molecule has 0 bridgehead atoms. The van der Waals surface area contributed by atoms with E-state index in [1.165, 1.54) is 6.07 Å². The lowest BCUT2D eigenvalue weighted by Crippen LogP contribution is -2.23. The number of benzene rings is 2. The Morgan fingerprint density at radius 2 is 1.96 bits per heavy atom. The fourth-order valence-corrected chi connectivity index (χ4v) is 3.05. The van der Waals surface area contributed by atoms with E-state index in [4.69, 9.17) is 0 Å². The quantitative estimate of drug-likeness (QED) is 0.660. The molecular weight excluding hydrogens is 334 g/mol. The van der Waals surface area contributed by atoms with Gasteiger partial charge in [0.1, 0.15) is 0 Å². The second-order valence-electron chi connectivity index (χ2n) is 6.25. The number of carbonyl (C=O) groups excluding carboxylic acids is 2. The molecule has 7 heteroatoms. The average molecular weight is 353 g/mol. The SMILES string of the molecule is Cc1c(NC(=O)Cc2ccc(N3CCCC3=O)cc2)cccc1[N+](=O)[O-]. The van der Waals surface area contributed by atoms with Crippen LogP contribution in [0.2, 0.25) is 0 Å². The Hall–Kier alpha value is -3.22. The predicted octanol–water partition coefficient (Wildman–Crippen LogP) is 3.21. The van der Waals surface area contributed by atoms with Crippen molar-refractivity contribution in [1.29, 1.82) is 0 Å². The van der Waals surface area contributed by atoms with E-state index in [1.807, 2.05) is 24.3 Å². The number of anilines is 2. The molecule has 2 aromatic rings. The van der Waals surface area contributed by atoms with Gasteiger partial charge >= 0.3 is 0 Å². The third-order valence-corrected chi connectivity index (χ3v) is 4.46. The van der Waals surface area contributed by atoms with Gasteiger partial charge in [-0.15, -0.1) is 0 Å². The van der Waals surface area contributed by atoms with Gasteiger partial charge in [0.15, 0.2) is 0 Å². The summed E-state index contributed by atoms with van der Waals surface area (Å²) in [6.07, 6.45) is 1.59. The molecule has 1 saturated heterocycles. The third kappa shape index (κ3) is 3.72. The lowest BCUT2D eigenvalue weighted by molar-refractivity contribution is -0.385. The lowest BCUT2D eigenvalue weighted by atomic mass is 10.1. The van der Waals surface area contributed by atoms with Gasteiger partial charge in [0.05, 0.1) is 22.6 Å². The van der Waals surface area contributed by atoms with Crippen molar-refractivity contribution in [3.05, 3.63) is 63.7 Å². The molecule has 0 aliphatic carbocycles. The molecule has 0 radical (unpaired) electrons. The van der Waals surface area contributed by atoms with Gasteiger partial charge in [-0.2, -0.15) is 0 Å². The number of rotatable bonds is 5. The molecule has 26 heavy (non-hydrogen) atoms. The summed E-state index contributed by atoms with van der Waals surface area (Å²) in [6.45, 7) is 2.33. The Balaban J connectivity index is 1.66. The van der Waals surface area contributed by atoms with E-state index in [0.717, 1.165) is 24.2 Å². The van der Waals surface area contributed by atoms with Crippen molar-refractivity contribution in [3.63, 3.8) is 0 Å². The number of nitrogens with one attached hydrogen (secondary N) is 1. The highest BCUT2D eigenvalue weighted by atomic mass is 16.6. The zero-order chi connectivity index (χ0) is 18.7. The topological polar surface area (TPSA) is 92.6 Å². The van der Waals surface area contributed by atoms with Crippen LogP contribution in [0.1, 0.15) is 24.0 Å². The van der Waals surface area contributed by atoms with E-state index in [0.29, 0.717) is 17.7 Å². The van der Waals surface area contributed by atoms with Crippen LogP contribution in [0.5, 0.6) is 0 Å². The molecule has 1 heterocycles. The van der Waals surface area contributed by atoms with Crippen molar-refractivity contribution in [2.24, 2.45) is 0 Å². The Bertz CT molecular complexity index is 862. The molecule has 0 saturated carbocycles. The molecule has 0 aromatic heterocycles. The Kier molecular flexibility index (Phi) is 4.97. The highest BCUT2D eigenvalue weighted by Gasteiger charge is 2.21. The first-order valence-electron chi connectivity index (χ1n) is 8.39. The molecule has 1 aliphatic heterocycles. The summed E-state index contributed by atoms with van der Waals surface area (Å²) in [7, 11) is 0. The van der Waals surface area contributed by atoms with Crippen LogP contribution in [-0.2, 0) is 16.0 Å². The maximum atomic E-state index is 12.3. The van der Waals surface area contributed by atoms with Crippen molar-refractivity contribution in [1.82, 2.24) is 0 Å². The minimum Gasteiger partial charge on any atom is -0.325 e. The zero-order valence-electron chi connectivity index (χ0n) is 14.4. The summed E-state index contributed by atoms with van der Waals surface area (Å²) >= 11 is 0. The summed E-state index contributed by atoms with van der Waals surface area (Å²) in [5.74, 6) is -0.129.